The van der Waals surface area contributed by atoms with E-state index < -0.39 is 9.84 Å². The van der Waals surface area contributed by atoms with Crippen LogP contribution in [0.2, 0.25) is 0 Å². The summed E-state index contributed by atoms with van der Waals surface area (Å²) < 4.78 is 29.0. The molecule has 5 heteroatoms. The average molecular weight is 487 g/mol. The molecule has 0 bridgehead atoms. The zero-order chi connectivity index (χ0) is 24.4. The minimum atomic E-state index is -3.62. The Morgan fingerprint density at radius 3 is 2.08 bits per heavy atom. The lowest BCUT2D eigenvalue weighted by molar-refractivity contribution is 0.594. The molecular weight excluding hydrogens is 464 g/mol. The normalized spacial score (nSPS) is 13.7. The fourth-order valence-electron chi connectivity index (χ4n) is 5.30. The highest BCUT2D eigenvalue weighted by Gasteiger charge is 2.33. The van der Waals surface area contributed by atoms with Crippen molar-refractivity contribution in [3.63, 3.8) is 0 Å². The van der Waals surface area contributed by atoms with Crippen LogP contribution in [0.4, 0.5) is 0 Å². The molecule has 6 aromatic rings. The highest BCUT2D eigenvalue weighted by molar-refractivity contribution is 7.92. The van der Waals surface area contributed by atoms with Crippen LogP contribution in [0.25, 0.3) is 49.7 Å². The second-order valence-corrected chi connectivity index (χ2v) is 11.1. The number of nitrogens with zero attached hydrogens (tertiary/aromatic N) is 2. The molecule has 0 radical (unpaired) electrons. The number of para-hydroxylation sites is 1. The van der Waals surface area contributed by atoms with E-state index in [1.165, 1.54) is 16.3 Å². The number of hydrogen-bond acceptors (Lipinski definition) is 3. The van der Waals surface area contributed by atoms with Crippen LogP contribution >= 0.6 is 0 Å². The quantitative estimate of drug-likeness (QED) is 0.265. The summed E-state index contributed by atoms with van der Waals surface area (Å²) in [5.41, 5.74) is 6.37. The summed E-state index contributed by atoms with van der Waals surface area (Å²) >= 11 is 0. The lowest BCUT2D eigenvalue weighted by Crippen LogP contribution is -2.15. The Morgan fingerprint density at radius 1 is 0.667 bits per heavy atom. The largest absolute Gasteiger partial charge is 0.294 e. The molecule has 0 saturated heterocycles. The SMILES string of the molecule is CCc1nc2cccc3c2n1-c1cc(-c2ccc(-c4ccc5ccccc5c4)cc2)ccc1S3(=O)=O. The molecule has 174 valence electrons. The minimum absolute atomic E-state index is 0.326. The highest BCUT2D eigenvalue weighted by Crippen LogP contribution is 2.41. The first-order valence-electron chi connectivity index (χ1n) is 12.0. The highest BCUT2D eigenvalue weighted by atomic mass is 32.2. The van der Waals surface area contributed by atoms with E-state index in [1.54, 1.807) is 18.2 Å². The first kappa shape index (κ1) is 21.1. The molecule has 36 heavy (non-hydrogen) atoms. The van der Waals surface area contributed by atoms with Gasteiger partial charge in [0, 0.05) is 6.42 Å². The number of benzene rings is 5. The molecule has 2 heterocycles. The molecule has 0 amide bonds. The van der Waals surface area contributed by atoms with Crippen molar-refractivity contribution >= 4 is 31.6 Å². The zero-order valence-corrected chi connectivity index (χ0v) is 20.5. The standard InChI is InChI=1S/C31H22N2O2S/c1-2-30-32-26-8-5-9-29-31(26)33(30)27-19-25(16-17-28(27)36(29,34)35)22-12-10-21(11-13-22)24-15-14-20-6-3-4-7-23(20)18-24/h3-19H,2H2,1H3. The molecular formula is C31H22N2O2S. The number of aromatic nitrogens is 2. The minimum Gasteiger partial charge on any atom is -0.294 e. The smallest absolute Gasteiger partial charge is 0.210 e. The van der Waals surface area contributed by atoms with Crippen molar-refractivity contribution in [3.8, 4) is 27.9 Å². The van der Waals surface area contributed by atoms with Gasteiger partial charge in [0.1, 0.15) is 5.82 Å². The third-order valence-corrected chi connectivity index (χ3v) is 8.94. The van der Waals surface area contributed by atoms with Gasteiger partial charge in [0.2, 0.25) is 9.84 Å². The Balaban J connectivity index is 1.35. The van der Waals surface area contributed by atoms with Gasteiger partial charge in [0.15, 0.2) is 0 Å². The lowest BCUT2D eigenvalue weighted by Gasteiger charge is -2.21. The monoisotopic (exact) mass is 486 g/mol. The molecule has 1 aliphatic rings. The van der Waals surface area contributed by atoms with Crippen molar-refractivity contribution in [2.75, 3.05) is 0 Å². The summed E-state index contributed by atoms with van der Waals surface area (Å²) in [6.07, 6.45) is 0.707. The summed E-state index contributed by atoms with van der Waals surface area (Å²) in [5, 5.41) is 2.44. The molecule has 0 unspecified atom stereocenters. The van der Waals surface area contributed by atoms with Crippen molar-refractivity contribution in [2.45, 2.75) is 23.1 Å². The van der Waals surface area contributed by atoms with E-state index in [4.69, 9.17) is 4.98 Å². The van der Waals surface area contributed by atoms with Crippen molar-refractivity contribution in [3.05, 3.63) is 109 Å². The van der Waals surface area contributed by atoms with Crippen LogP contribution < -0.4 is 0 Å². The zero-order valence-electron chi connectivity index (χ0n) is 19.6. The Kier molecular flexibility index (Phi) is 4.48. The fraction of sp³-hybridized carbons (Fsp3) is 0.0645. The molecule has 0 atom stereocenters. The van der Waals surface area contributed by atoms with Gasteiger partial charge in [0.25, 0.3) is 0 Å². The molecule has 0 aliphatic carbocycles. The first-order chi connectivity index (χ1) is 17.5. The summed E-state index contributed by atoms with van der Waals surface area (Å²) in [7, 11) is -3.62. The Morgan fingerprint density at radius 2 is 1.33 bits per heavy atom. The number of rotatable bonds is 3. The molecule has 0 N–H and O–H groups in total. The molecule has 5 aromatic carbocycles. The Hall–Kier alpha value is -4.22. The summed E-state index contributed by atoms with van der Waals surface area (Å²) in [6.45, 7) is 2.04. The molecule has 0 spiro atoms. The van der Waals surface area contributed by atoms with Crippen LogP contribution in [-0.4, -0.2) is 18.0 Å². The van der Waals surface area contributed by atoms with E-state index in [1.807, 2.05) is 29.7 Å². The number of sulfone groups is 1. The van der Waals surface area contributed by atoms with Gasteiger partial charge in [-0.2, -0.15) is 0 Å². The fourth-order valence-corrected chi connectivity index (χ4v) is 6.92. The Bertz CT molecular complexity index is 1930. The van der Waals surface area contributed by atoms with Gasteiger partial charge in [-0.1, -0.05) is 79.7 Å². The number of imidazole rings is 1. The van der Waals surface area contributed by atoms with Crippen molar-refractivity contribution in [2.24, 2.45) is 0 Å². The number of hydrogen-bond donors (Lipinski definition) is 0. The van der Waals surface area contributed by atoms with Gasteiger partial charge in [0.05, 0.1) is 26.5 Å². The van der Waals surface area contributed by atoms with Gasteiger partial charge in [-0.25, -0.2) is 13.4 Å². The van der Waals surface area contributed by atoms with E-state index in [0.29, 0.717) is 32.9 Å². The molecule has 1 aromatic heterocycles. The van der Waals surface area contributed by atoms with Gasteiger partial charge in [-0.3, -0.25) is 4.57 Å². The van der Waals surface area contributed by atoms with Gasteiger partial charge in [-0.15, -0.1) is 0 Å². The third-order valence-electron chi connectivity index (χ3n) is 7.11. The summed E-state index contributed by atoms with van der Waals surface area (Å²) in [4.78, 5) is 5.39. The lowest BCUT2D eigenvalue weighted by atomic mass is 9.98. The van der Waals surface area contributed by atoms with Crippen molar-refractivity contribution in [1.29, 1.82) is 0 Å². The van der Waals surface area contributed by atoms with E-state index in [-0.39, 0.29) is 0 Å². The van der Waals surface area contributed by atoms with Crippen LogP contribution in [0.5, 0.6) is 0 Å². The van der Waals surface area contributed by atoms with E-state index in [2.05, 4.69) is 66.7 Å². The summed E-state index contributed by atoms with van der Waals surface area (Å²) in [5.74, 6) is 0.859. The molecule has 0 fully saturated rings. The van der Waals surface area contributed by atoms with Crippen molar-refractivity contribution in [1.82, 2.24) is 9.55 Å². The topological polar surface area (TPSA) is 52.0 Å². The molecule has 0 saturated carbocycles. The van der Waals surface area contributed by atoms with Crippen LogP contribution in [0.1, 0.15) is 12.7 Å². The van der Waals surface area contributed by atoms with E-state index >= 15 is 0 Å². The van der Waals surface area contributed by atoms with E-state index in [9.17, 15) is 8.42 Å². The first-order valence-corrected chi connectivity index (χ1v) is 13.5. The predicted molar refractivity (Wildman–Crippen MR) is 144 cm³/mol. The van der Waals surface area contributed by atoms with Gasteiger partial charge < -0.3 is 0 Å². The predicted octanol–water partition coefficient (Wildman–Crippen LogP) is 7.22. The van der Waals surface area contributed by atoms with Crippen LogP contribution in [0.3, 0.4) is 0 Å². The second-order valence-electron chi connectivity index (χ2n) is 9.17. The molecule has 1 aliphatic heterocycles. The number of fused-ring (bicyclic) bond motifs is 3. The maximum absolute atomic E-state index is 13.5. The second kappa shape index (κ2) is 7.64. The third kappa shape index (κ3) is 2.99. The number of aryl methyl sites for hydroxylation is 1. The van der Waals surface area contributed by atoms with Gasteiger partial charge >= 0.3 is 0 Å². The van der Waals surface area contributed by atoms with Gasteiger partial charge in [-0.05, 0) is 63.4 Å². The van der Waals surface area contributed by atoms with Crippen LogP contribution in [0.15, 0.2) is 113 Å². The maximum atomic E-state index is 13.5. The maximum Gasteiger partial charge on any atom is 0.210 e. The average Bonchev–Trinajstić information content (AvgIpc) is 3.31. The summed E-state index contributed by atoms with van der Waals surface area (Å²) in [6, 6.07) is 34.2. The van der Waals surface area contributed by atoms with Crippen LogP contribution in [0, 0.1) is 0 Å². The molecule has 7 rings (SSSR count). The van der Waals surface area contributed by atoms with Crippen molar-refractivity contribution < 1.29 is 8.42 Å². The van der Waals surface area contributed by atoms with Crippen LogP contribution in [-0.2, 0) is 16.3 Å². The molecule has 4 nitrogen and oxygen atoms in total. The van der Waals surface area contributed by atoms with E-state index in [0.717, 1.165) is 22.5 Å². The Labute approximate surface area is 209 Å².